The number of H-pyrrole nitrogens is 1. The number of hydrogen-bond donors (Lipinski definition) is 2. The minimum Gasteiger partial charge on any atom is -0.325 e. The van der Waals surface area contributed by atoms with Crippen LogP contribution >= 0.6 is 0 Å². The average molecular weight is 419 g/mol. The number of benzene rings is 2. The van der Waals surface area contributed by atoms with Crippen LogP contribution in [0.3, 0.4) is 0 Å². The molecule has 1 unspecified atom stereocenters. The maximum atomic E-state index is 13.7. The Bertz CT molecular complexity index is 1200. The Morgan fingerprint density at radius 3 is 2.50 bits per heavy atom. The van der Waals surface area contributed by atoms with E-state index in [1.807, 2.05) is 0 Å². The molecule has 0 bridgehead atoms. The summed E-state index contributed by atoms with van der Waals surface area (Å²) in [5.74, 6) is -5.00. The zero-order valence-electron chi connectivity index (χ0n) is 15.9. The predicted octanol–water partition coefficient (Wildman–Crippen LogP) is 4.63. The number of pyridine rings is 1. The molecule has 5 nitrogen and oxygen atoms in total. The number of nitrogens with one attached hydrogen (secondary N) is 2. The van der Waals surface area contributed by atoms with E-state index in [1.54, 1.807) is 0 Å². The van der Waals surface area contributed by atoms with Gasteiger partial charge in [0, 0.05) is 36.1 Å². The van der Waals surface area contributed by atoms with Gasteiger partial charge in [0.25, 0.3) is 5.56 Å². The lowest BCUT2D eigenvalue weighted by Crippen LogP contribution is -2.37. The number of rotatable bonds is 2. The molecule has 30 heavy (non-hydrogen) atoms. The zero-order valence-corrected chi connectivity index (χ0v) is 15.9. The molecule has 1 aromatic heterocycles. The van der Waals surface area contributed by atoms with Gasteiger partial charge in [-0.2, -0.15) is 0 Å². The first-order chi connectivity index (χ1) is 14.3. The predicted molar refractivity (Wildman–Crippen MR) is 103 cm³/mol. The lowest BCUT2D eigenvalue weighted by atomic mass is 9.87. The number of carbonyl (C=O) groups is 1. The molecule has 0 fully saturated rings. The summed E-state index contributed by atoms with van der Waals surface area (Å²) in [7, 11) is 1.51. The molecule has 0 radical (unpaired) electrons. The Balaban J connectivity index is 1.70. The number of hydrogen-bond acceptors (Lipinski definition) is 2. The van der Waals surface area contributed by atoms with Crippen molar-refractivity contribution in [3.63, 3.8) is 0 Å². The van der Waals surface area contributed by atoms with Crippen LogP contribution in [0.4, 0.5) is 28.0 Å². The highest BCUT2D eigenvalue weighted by Gasteiger charge is 2.30. The van der Waals surface area contributed by atoms with Crippen LogP contribution < -0.4 is 10.9 Å². The average Bonchev–Trinajstić information content (AvgIpc) is 2.71. The second-order valence-electron chi connectivity index (χ2n) is 7.24. The summed E-state index contributed by atoms with van der Waals surface area (Å²) in [6.07, 6.45) is 1.86. The number of nitrogens with zero attached hydrogens (tertiary/aromatic N) is 1. The van der Waals surface area contributed by atoms with Crippen molar-refractivity contribution in [2.24, 2.45) is 0 Å². The number of halogens is 4. The fourth-order valence-corrected chi connectivity index (χ4v) is 3.94. The fourth-order valence-electron chi connectivity index (χ4n) is 3.94. The Morgan fingerprint density at radius 1 is 1.10 bits per heavy atom. The van der Waals surface area contributed by atoms with Crippen molar-refractivity contribution in [2.75, 3.05) is 12.4 Å². The van der Waals surface area contributed by atoms with E-state index in [9.17, 15) is 27.2 Å². The largest absolute Gasteiger partial charge is 0.325 e. The Kier molecular flexibility index (Phi) is 4.97. The first-order valence-corrected chi connectivity index (χ1v) is 9.29. The molecule has 1 atom stereocenters. The molecular weight excluding hydrogens is 402 g/mol. The third kappa shape index (κ3) is 3.40. The molecule has 2 N–H and O–H groups in total. The molecule has 0 spiro atoms. The monoisotopic (exact) mass is 419 g/mol. The molecule has 1 aliphatic carbocycles. The van der Waals surface area contributed by atoms with Crippen LogP contribution in [0.1, 0.15) is 30.1 Å². The number of amides is 2. The number of aromatic amines is 1. The third-order valence-electron chi connectivity index (χ3n) is 5.37. The van der Waals surface area contributed by atoms with Gasteiger partial charge >= 0.3 is 6.03 Å². The van der Waals surface area contributed by atoms with Crippen molar-refractivity contribution in [1.29, 1.82) is 0 Å². The molecule has 1 aliphatic rings. The topological polar surface area (TPSA) is 65.2 Å². The Morgan fingerprint density at radius 2 is 1.80 bits per heavy atom. The molecule has 4 rings (SSSR count). The van der Waals surface area contributed by atoms with Crippen LogP contribution in [0.25, 0.3) is 10.8 Å². The van der Waals surface area contributed by atoms with E-state index in [2.05, 4.69) is 10.3 Å². The maximum absolute atomic E-state index is 13.7. The number of urea groups is 1. The highest BCUT2D eigenvalue weighted by Crippen LogP contribution is 2.37. The van der Waals surface area contributed by atoms with Crippen LogP contribution in [0.2, 0.25) is 0 Å². The summed E-state index contributed by atoms with van der Waals surface area (Å²) < 4.78 is 53.7. The SMILES string of the molecule is CN(C(=O)Nc1cc(F)c(F)c(F)c1)C1CCCc2[nH]c(=O)c3cc(F)ccc3c21. The molecule has 1 heterocycles. The summed E-state index contributed by atoms with van der Waals surface area (Å²) >= 11 is 0. The van der Waals surface area contributed by atoms with E-state index in [0.29, 0.717) is 48.0 Å². The Hall–Kier alpha value is -3.36. The molecule has 3 aromatic rings. The Labute approximate surface area is 168 Å². The normalized spacial score (nSPS) is 15.7. The van der Waals surface area contributed by atoms with E-state index in [1.165, 1.54) is 24.1 Å². The van der Waals surface area contributed by atoms with Gasteiger partial charge in [0.1, 0.15) is 5.82 Å². The second kappa shape index (κ2) is 7.47. The maximum Gasteiger partial charge on any atom is 0.322 e. The van der Waals surface area contributed by atoms with Gasteiger partial charge < -0.3 is 15.2 Å². The van der Waals surface area contributed by atoms with Gasteiger partial charge in [-0.25, -0.2) is 22.4 Å². The number of fused-ring (bicyclic) bond motifs is 3. The van der Waals surface area contributed by atoms with Gasteiger partial charge in [-0.05, 0) is 36.8 Å². The van der Waals surface area contributed by atoms with Crippen molar-refractivity contribution >= 4 is 22.5 Å². The molecule has 0 aliphatic heterocycles. The quantitative estimate of drug-likeness (QED) is 0.470. The van der Waals surface area contributed by atoms with Gasteiger partial charge in [-0.15, -0.1) is 0 Å². The van der Waals surface area contributed by atoms with Crippen LogP contribution in [-0.2, 0) is 6.42 Å². The summed E-state index contributed by atoms with van der Waals surface area (Å²) in [5.41, 5.74) is 0.722. The molecule has 0 saturated carbocycles. The molecule has 9 heteroatoms. The lowest BCUT2D eigenvalue weighted by molar-refractivity contribution is 0.197. The molecule has 2 aromatic carbocycles. The number of aromatic nitrogens is 1. The van der Waals surface area contributed by atoms with Crippen LogP contribution in [-0.4, -0.2) is 23.0 Å². The van der Waals surface area contributed by atoms with Crippen molar-refractivity contribution in [1.82, 2.24) is 9.88 Å². The fraction of sp³-hybridized carbons (Fsp3) is 0.238. The van der Waals surface area contributed by atoms with E-state index in [4.69, 9.17) is 0 Å². The van der Waals surface area contributed by atoms with Gasteiger partial charge in [-0.3, -0.25) is 4.79 Å². The zero-order chi connectivity index (χ0) is 21.6. The van der Waals surface area contributed by atoms with Crippen molar-refractivity contribution in [3.8, 4) is 0 Å². The summed E-state index contributed by atoms with van der Waals surface area (Å²) in [5, 5.41) is 3.07. The highest BCUT2D eigenvalue weighted by molar-refractivity contribution is 5.91. The first-order valence-electron chi connectivity index (χ1n) is 9.29. The molecule has 0 saturated heterocycles. The lowest BCUT2D eigenvalue weighted by Gasteiger charge is -2.34. The first kappa shape index (κ1) is 19.9. The number of carbonyl (C=O) groups excluding carboxylic acids is 1. The standard InChI is InChI=1S/C21H17F4N3O2/c1-28(21(30)26-11-8-14(23)19(25)15(24)9-11)17-4-2-3-16-18(17)12-6-5-10(22)7-13(12)20(29)27-16/h5-9,17H,2-4H2,1H3,(H,26,30)(H,27,29). The molecule has 2 amide bonds. The van der Waals surface area contributed by atoms with Crippen LogP contribution in [0.5, 0.6) is 0 Å². The number of aryl methyl sites for hydroxylation is 1. The van der Waals surface area contributed by atoms with Gasteiger partial charge in [0.05, 0.1) is 11.4 Å². The molecule has 156 valence electrons. The third-order valence-corrected chi connectivity index (χ3v) is 5.37. The highest BCUT2D eigenvalue weighted by atomic mass is 19.2. The van der Waals surface area contributed by atoms with Crippen molar-refractivity contribution in [3.05, 3.63) is 75.2 Å². The van der Waals surface area contributed by atoms with E-state index >= 15 is 0 Å². The minimum absolute atomic E-state index is 0.178. The van der Waals surface area contributed by atoms with E-state index < -0.39 is 40.9 Å². The van der Waals surface area contributed by atoms with E-state index in [0.717, 1.165) is 6.07 Å². The van der Waals surface area contributed by atoms with E-state index in [-0.39, 0.29) is 11.1 Å². The van der Waals surface area contributed by atoms with Gasteiger partial charge in [-0.1, -0.05) is 6.07 Å². The van der Waals surface area contributed by atoms with Crippen LogP contribution in [0, 0.1) is 23.3 Å². The smallest absolute Gasteiger partial charge is 0.322 e. The van der Waals surface area contributed by atoms with Gasteiger partial charge in [0.15, 0.2) is 17.5 Å². The summed E-state index contributed by atoms with van der Waals surface area (Å²) in [6.45, 7) is 0. The van der Waals surface area contributed by atoms with Crippen LogP contribution in [0.15, 0.2) is 35.1 Å². The summed E-state index contributed by atoms with van der Waals surface area (Å²) in [4.78, 5) is 29.2. The van der Waals surface area contributed by atoms with Crippen molar-refractivity contribution in [2.45, 2.75) is 25.3 Å². The summed E-state index contributed by atoms with van der Waals surface area (Å²) in [6, 6.07) is 4.15. The second-order valence-corrected chi connectivity index (χ2v) is 7.24. The van der Waals surface area contributed by atoms with Gasteiger partial charge in [0.2, 0.25) is 0 Å². The van der Waals surface area contributed by atoms with Crippen molar-refractivity contribution < 1.29 is 22.4 Å². The molecular formula is C21H17F4N3O2. The minimum atomic E-state index is -1.62. The number of anilines is 1.